The Morgan fingerprint density at radius 3 is 2.25 bits per heavy atom. The van der Waals surface area contributed by atoms with Gasteiger partial charge in [0.05, 0.1) is 0 Å². The Hall–Kier alpha value is -2.08. The maximum Gasteiger partial charge on any atom is 0.319 e. The van der Waals surface area contributed by atoms with Crippen LogP contribution in [0.2, 0.25) is 0 Å². The van der Waals surface area contributed by atoms with E-state index in [9.17, 15) is 9.59 Å². The van der Waals surface area contributed by atoms with Crippen LogP contribution in [0.15, 0.2) is 30.3 Å². The lowest BCUT2D eigenvalue weighted by molar-refractivity contribution is -0.126. The van der Waals surface area contributed by atoms with Crippen LogP contribution in [0.4, 0.5) is 4.79 Å². The monoisotopic (exact) mass is 386 g/mol. The van der Waals surface area contributed by atoms with Gasteiger partial charge in [-0.05, 0) is 50.8 Å². The molecule has 0 unspecified atom stereocenters. The lowest BCUT2D eigenvalue weighted by atomic mass is 9.92. The molecule has 0 saturated carbocycles. The molecule has 0 radical (unpaired) electrons. The zero-order chi connectivity index (χ0) is 19.9. The van der Waals surface area contributed by atoms with E-state index in [2.05, 4.69) is 22.3 Å². The number of piperidine rings is 2. The second-order valence-electron chi connectivity index (χ2n) is 8.23. The largest absolute Gasteiger partial charge is 0.356 e. The van der Waals surface area contributed by atoms with Crippen molar-refractivity contribution >= 4 is 11.9 Å². The molecule has 0 spiro atoms. The van der Waals surface area contributed by atoms with Crippen molar-refractivity contribution in [2.24, 2.45) is 5.92 Å². The number of nitrogens with zero attached hydrogens (tertiary/aromatic N) is 3. The fourth-order valence-corrected chi connectivity index (χ4v) is 4.35. The van der Waals surface area contributed by atoms with Crippen molar-refractivity contribution < 1.29 is 9.59 Å². The first-order valence-electron chi connectivity index (χ1n) is 10.6. The highest BCUT2D eigenvalue weighted by Gasteiger charge is 2.31. The lowest BCUT2D eigenvalue weighted by Gasteiger charge is -2.42. The number of urea groups is 1. The molecule has 2 fully saturated rings. The standard InChI is InChI=1S/C22H34N4O2/c1-24(2)22(28)26-16-11-20(12-17-26)25-14-9-19(10-15-25)21(27)23-13-8-18-6-4-3-5-7-18/h3-7,19-20H,8-17H2,1-2H3,(H,23,27). The quantitative estimate of drug-likeness (QED) is 0.844. The average Bonchev–Trinajstić information content (AvgIpc) is 2.74. The van der Waals surface area contributed by atoms with Gasteiger partial charge in [-0.2, -0.15) is 0 Å². The Morgan fingerprint density at radius 1 is 1.00 bits per heavy atom. The lowest BCUT2D eigenvalue weighted by Crippen LogP contribution is -2.51. The Bertz CT molecular complexity index is 633. The second kappa shape index (κ2) is 9.92. The molecule has 0 bridgehead atoms. The van der Waals surface area contributed by atoms with Crippen LogP contribution in [0, 0.1) is 5.92 Å². The Morgan fingerprint density at radius 2 is 1.64 bits per heavy atom. The van der Waals surface area contributed by atoms with Gasteiger partial charge in [-0.3, -0.25) is 4.79 Å². The van der Waals surface area contributed by atoms with Gasteiger partial charge in [0, 0.05) is 45.7 Å². The van der Waals surface area contributed by atoms with Gasteiger partial charge in [-0.25, -0.2) is 4.79 Å². The summed E-state index contributed by atoms with van der Waals surface area (Å²) < 4.78 is 0. The molecular weight excluding hydrogens is 352 g/mol. The minimum Gasteiger partial charge on any atom is -0.356 e. The van der Waals surface area contributed by atoms with Gasteiger partial charge in [0.2, 0.25) is 5.91 Å². The molecule has 0 aromatic heterocycles. The zero-order valence-corrected chi connectivity index (χ0v) is 17.3. The number of carbonyl (C=O) groups excluding carboxylic acids is 2. The molecule has 2 saturated heterocycles. The van der Waals surface area contributed by atoms with E-state index in [1.165, 1.54) is 5.56 Å². The van der Waals surface area contributed by atoms with E-state index in [4.69, 9.17) is 0 Å². The van der Waals surface area contributed by atoms with Crippen LogP contribution >= 0.6 is 0 Å². The highest BCUT2D eigenvalue weighted by molar-refractivity contribution is 5.78. The van der Waals surface area contributed by atoms with Gasteiger partial charge in [0.25, 0.3) is 0 Å². The summed E-state index contributed by atoms with van der Waals surface area (Å²) in [5.74, 6) is 0.351. The van der Waals surface area contributed by atoms with Crippen LogP contribution in [0.3, 0.4) is 0 Å². The first kappa shape index (κ1) is 20.6. The fourth-order valence-electron chi connectivity index (χ4n) is 4.35. The maximum absolute atomic E-state index is 12.5. The molecule has 1 aromatic carbocycles. The van der Waals surface area contributed by atoms with Gasteiger partial charge < -0.3 is 20.0 Å². The summed E-state index contributed by atoms with van der Waals surface area (Å²) in [5.41, 5.74) is 1.26. The van der Waals surface area contributed by atoms with Crippen molar-refractivity contribution in [3.8, 4) is 0 Å². The summed E-state index contributed by atoms with van der Waals surface area (Å²) in [6.07, 6.45) is 4.83. The number of amides is 3. The van der Waals surface area contributed by atoms with Crippen molar-refractivity contribution in [3.05, 3.63) is 35.9 Å². The predicted octanol–water partition coefficient (Wildman–Crippen LogP) is 2.20. The summed E-state index contributed by atoms with van der Waals surface area (Å²) in [6, 6.07) is 10.9. The summed E-state index contributed by atoms with van der Waals surface area (Å²) in [6.45, 7) is 4.36. The first-order valence-corrected chi connectivity index (χ1v) is 10.6. The minimum atomic E-state index is 0.115. The molecule has 2 aliphatic heterocycles. The molecule has 0 atom stereocenters. The van der Waals surface area contributed by atoms with E-state index in [1.54, 1.807) is 4.90 Å². The number of hydrogen-bond acceptors (Lipinski definition) is 3. The number of nitrogens with one attached hydrogen (secondary N) is 1. The average molecular weight is 387 g/mol. The SMILES string of the molecule is CN(C)C(=O)N1CCC(N2CCC(C(=O)NCCc3ccccc3)CC2)CC1. The van der Waals surface area contributed by atoms with Crippen molar-refractivity contribution in [1.29, 1.82) is 0 Å². The Balaban J connectivity index is 1.35. The molecule has 6 nitrogen and oxygen atoms in total. The van der Waals surface area contributed by atoms with Gasteiger partial charge in [-0.1, -0.05) is 30.3 Å². The third-order valence-corrected chi connectivity index (χ3v) is 6.09. The normalized spacial score (nSPS) is 19.4. The second-order valence-corrected chi connectivity index (χ2v) is 8.23. The number of carbonyl (C=O) groups is 2. The third kappa shape index (κ3) is 5.47. The third-order valence-electron chi connectivity index (χ3n) is 6.09. The topological polar surface area (TPSA) is 55.9 Å². The smallest absolute Gasteiger partial charge is 0.319 e. The van der Waals surface area contributed by atoms with Crippen LogP contribution in [-0.2, 0) is 11.2 Å². The molecule has 3 amide bonds. The molecule has 1 N–H and O–H groups in total. The Kier molecular flexibility index (Phi) is 7.31. The number of hydrogen-bond donors (Lipinski definition) is 1. The first-order chi connectivity index (χ1) is 13.5. The molecule has 6 heteroatoms. The number of likely N-dealkylation sites (tertiary alicyclic amines) is 2. The van der Waals surface area contributed by atoms with Crippen molar-refractivity contribution in [2.75, 3.05) is 46.8 Å². The predicted molar refractivity (Wildman–Crippen MR) is 111 cm³/mol. The van der Waals surface area contributed by atoms with E-state index in [0.717, 1.165) is 58.3 Å². The number of benzene rings is 1. The van der Waals surface area contributed by atoms with Crippen LogP contribution in [0.25, 0.3) is 0 Å². The van der Waals surface area contributed by atoms with Crippen molar-refractivity contribution in [1.82, 2.24) is 20.0 Å². The molecule has 2 aliphatic rings. The van der Waals surface area contributed by atoms with E-state index >= 15 is 0 Å². The van der Waals surface area contributed by atoms with E-state index in [1.807, 2.05) is 37.2 Å². The highest BCUT2D eigenvalue weighted by atomic mass is 16.2. The van der Waals surface area contributed by atoms with E-state index in [0.29, 0.717) is 12.6 Å². The molecule has 28 heavy (non-hydrogen) atoms. The molecule has 1 aromatic rings. The van der Waals surface area contributed by atoms with Gasteiger partial charge in [-0.15, -0.1) is 0 Å². The van der Waals surface area contributed by atoms with Gasteiger partial charge in [0.1, 0.15) is 0 Å². The van der Waals surface area contributed by atoms with Crippen LogP contribution in [0.5, 0.6) is 0 Å². The van der Waals surface area contributed by atoms with Crippen LogP contribution < -0.4 is 5.32 Å². The molecule has 3 rings (SSSR count). The van der Waals surface area contributed by atoms with Gasteiger partial charge >= 0.3 is 6.03 Å². The maximum atomic E-state index is 12.5. The summed E-state index contributed by atoms with van der Waals surface area (Å²) in [5, 5.41) is 3.12. The molecule has 2 heterocycles. The molecule has 0 aliphatic carbocycles. The zero-order valence-electron chi connectivity index (χ0n) is 17.3. The summed E-state index contributed by atoms with van der Waals surface area (Å²) in [4.78, 5) is 30.7. The molecule has 154 valence electrons. The molecular formula is C22H34N4O2. The van der Waals surface area contributed by atoms with E-state index < -0.39 is 0 Å². The van der Waals surface area contributed by atoms with E-state index in [-0.39, 0.29) is 17.9 Å². The van der Waals surface area contributed by atoms with Crippen LogP contribution in [-0.4, -0.2) is 79.5 Å². The Labute approximate surface area is 168 Å². The fraction of sp³-hybridized carbons (Fsp3) is 0.636. The minimum absolute atomic E-state index is 0.115. The van der Waals surface area contributed by atoms with Crippen molar-refractivity contribution in [3.63, 3.8) is 0 Å². The number of rotatable bonds is 5. The van der Waals surface area contributed by atoms with Gasteiger partial charge in [0.15, 0.2) is 0 Å². The summed E-state index contributed by atoms with van der Waals surface area (Å²) >= 11 is 0. The highest BCUT2D eigenvalue weighted by Crippen LogP contribution is 2.24. The summed E-state index contributed by atoms with van der Waals surface area (Å²) in [7, 11) is 3.62. The van der Waals surface area contributed by atoms with Crippen LogP contribution in [0.1, 0.15) is 31.2 Å². The van der Waals surface area contributed by atoms with Crippen molar-refractivity contribution in [2.45, 2.75) is 38.1 Å².